The predicted molar refractivity (Wildman–Crippen MR) is 213 cm³/mol. The standard InChI is InChI=1S/C38H44F3N5O12.C2HF3O2/c1-5-20(4)32(36(55)44-26(17-29(49)50)34(53)42-22-11-12-23-24(38(39,40)41)16-30(51)58-27(23)15-22)45-33(52)25(13-14-28(47)48)43-35(54)31(19(2)3)46-37(56)57-18-21-9-7-6-8-10-21;3-2(4,5)1(6)7/h6-12,15-16,19-20,25-26,31-32H,5,13-14,17-18H2,1-4H3,(H,42,53)(H,43,54)(H,44,55)(H,45,52)(H,46,56)(H,47,48)(H,49,50);(H,6,7)/t20-,25-,26-,31-,32-;/m0./s1. The molecule has 356 valence electrons. The van der Waals surface area contributed by atoms with Crippen molar-refractivity contribution in [2.24, 2.45) is 11.8 Å². The molecular formula is C40H45F6N5O14. The zero-order valence-electron chi connectivity index (χ0n) is 34.8. The Morgan fingerprint density at radius 2 is 1.31 bits per heavy atom. The summed E-state index contributed by atoms with van der Waals surface area (Å²) in [5.41, 5.74) is -2.69. The molecule has 1 heterocycles. The van der Waals surface area contributed by atoms with Crippen LogP contribution in [-0.2, 0) is 51.1 Å². The molecule has 0 radical (unpaired) electrons. The van der Waals surface area contributed by atoms with Gasteiger partial charge in [0.2, 0.25) is 23.6 Å². The van der Waals surface area contributed by atoms with Gasteiger partial charge in [0.1, 0.15) is 36.4 Å². The average molecular weight is 934 g/mol. The average Bonchev–Trinajstić information content (AvgIpc) is 3.20. The van der Waals surface area contributed by atoms with E-state index in [0.717, 1.165) is 18.2 Å². The van der Waals surface area contributed by atoms with Crippen LogP contribution in [0.15, 0.2) is 63.8 Å². The van der Waals surface area contributed by atoms with Crippen LogP contribution in [-0.4, -0.2) is 93.3 Å². The van der Waals surface area contributed by atoms with Gasteiger partial charge in [0, 0.05) is 29.6 Å². The van der Waals surface area contributed by atoms with Crippen LogP contribution in [0.1, 0.15) is 64.5 Å². The summed E-state index contributed by atoms with van der Waals surface area (Å²) in [7, 11) is 0. The van der Waals surface area contributed by atoms with E-state index in [1.165, 1.54) is 0 Å². The van der Waals surface area contributed by atoms with Gasteiger partial charge in [-0.05, 0) is 36.0 Å². The second-order valence-corrected chi connectivity index (χ2v) is 14.4. The van der Waals surface area contributed by atoms with Crippen LogP contribution >= 0.6 is 0 Å². The van der Waals surface area contributed by atoms with Gasteiger partial charge in [0.15, 0.2) is 0 Å². The number of carbonyl (C=O) groups excluding carboxylic acids is 5. The maximum Gasteiger partial charge on any atom is 0.490 e. The summed E-state index contributed by atoms with van der Waals surface area (Å²) >= 11 is 0. The van der Waals surface area contributed by atoms with Gasteiger partial charge in [-0.2, -0.15) is 26.3 Å². The molecule has 0 aliphatic rings. The number of carboxylic acids is 3. The molecule has 19 nitrogen and oxygen atoms in total. The number of hydrogen-bond donors (Lipinski definition) is 8. The fourth-order valence-electron chi connectivity index (χ4n) is 5.53. The zero-order valence-corrected chi connectivity index (χ0v) is 34.8. The van der Waals surface area contributed by atoms with E-state index >= 15 is 0 Å². The van der Waals surface area contributed by atoms with E-state index in [9.17, 15) is 74.9 Å². The molecule has 3 rings (SSSR count). The summed E-state index contributed by atoms with van der Waals surface area (Å²) in [5, 5.41) is 37.3. The number of alkyl halides is 6. The first kappa shape index (κ1) is 53.9. The van der Waals surface area contributed by atoms with E-state index in [-0.39, 0.29) is 24.8 Å². The Morgan fingerprint density at radius 1 is 0.723 bits per heavy atom. The van der Waals surface area contributed by atoms with E-state index in [1.54, 1.807) is 58.0 Å². The number of carboxylic acid groups (broad SMARTS) is 3. The van der Waals surface area contributed by atoms with E-state index in [1.807, 2.05) is 0 Å². The lowest BCUT2D eigenvalue weighted by Crippen LogP contribution is -2.60. The van der Waals surface area contributed by atoms with Crippen molar-refractivity contribution in [3.8, 4) is 0 Å². The van der Waals surface area contributed by atoms with E-state index < -0.39 is 137 Å². The smallest absolute Gasteiger partial charge is 0.481 e. The molecule has 0 fully saturated rings. The van der Waals surface area contributed by atoms with Crippen LogP contribution in [0.3, 0.4) is 0 Å². The first-order chi connectivity index (χ1) is 30.1. The van der Waals surface area contributed by atoms with Crippen molar-refractivity contribution in [3.05, 3.63) is 76.1 Å². The minimum Gasteiger partial charge on any atom is -0.481 e. The summed E-state index contributed by atoms with van der Waals surface area (Å²) < 4.78 is 82.3. The molecule has 5 amide bonds. The molecule has 0 aliphatic heterocycles. The van der Waals surface area contributed by atoms with Gasteiger partial charge in [0.05, 0.1) is 12.0 Å². The number of aliphatic carboxylic acids is 3. The predicted octanol–water partition coefficient (Wildman–Crippen LogP) is 4.17. The van der Waals surface area contributed by atoms with Crippen molar-refractivity contribution in [2.75, 3.05) is 5.32 Å². The Morgan fingerprint density at radius 3 is 1.83 bits per heavy atom. The summed E-state index contributed by atoms with van der Waals surface area (Å²) in [6, 6.07) is 5.71. The van der Waals surface area contributed by atoms with Gasteiger partial charge < -0.3 is 51.1 Å². The third kappa shape index (κ3) is 17.8. The SMILES string of the molecule is CC[C@H](C)[C@H](NC(=O)[C@H](CCC(=O)O)NC(=O)[C@@H](NC(=O)OCc1ccccc1)C(C)C)C(=O)N[C@@H](CC(=O)O)C(=O)Nc1ccc2c(C(F)(F)F)cc(=O)oc2c1.O=C(O)C(F)(F)F. The highest BCUT2D eigenvalue weighted by Gasteiger charge is 2.39. The summed E-state index contributed by atoms with van der Waals surface area (Å²) in [5.74, 6) is -10.9. The Bertz CT molecular complexity index is 2250. The first-order valence-corrected chi connectivity index (χ1v) is 19.2. The second-order valence-electron chi connectivity index (χ2n) is 14.4. The van der Waals surface area contributed by atoms with Crippen molar-refractivity contribution >= 4 is 64.3 Å². The number of nitrogens with one attached hydrogen (secondary N) is 5. The molecule has 0 unspecified atom stereocenters. The van der Waals surface area contributed by atoms with E-state index in [2.05, 4.69) is 26.6 Å². The molecular weight excluding hydrogens is 888 g/mol. The number of halogens is 6. The van der Waals surface area contributed by atoms with Crippen LogP contribution in [0.5, 0.6) is 0 Å². The van der Waals surface area contributed by atoms with Gasteiger partial charge >= 0.3 is 42.0 Å². The van der Waals surface area contributed by atoms with Crippen LogP contribution in [0, 0.1) is 11.8 Å². The van der Waals surface area contributed by atoms with E-state index in [4.69, 9.17) is 19.1 Å². The van der Waals surface area contributed by atoms with Crippen LogP contribution in [0.2, 0.25) is 0 Å². The highest BCUT2D eigenvalue weighted by atomic mass is 19.4. The minimum absolute atomic E-state index is 0.105. The molecule has 1 aromatic heterocycles. The summed E-state index contributed by atoms with van der Waals surface area (Å²) in [6.45, 7) is 6.29. The summed E-state index contributed by atoms with van der Waals surface area (Å²) in [4.78, 5) is 111. The highest BCUT2D eigenvalue weighted by molar-refractivity contribution is 6.01. The molecule has 0 spiro atoms. The lowest BCUT2D eigenvalue weighted by atomic mass is 9.96. The molecule has 3 aromatic rings. The Kier molecular flexibility index (Phi) is 19.9. The molecule has 0 bridgehead atoms. The Hall–Kier alpha value is -7.21. The zero-order chi connectivity index (χ0) is 49.4. The largest absolute Gasteiger partial charge is 0.490 e. The summed E-state index contributed by atoms with van der Waals surface area (Å²) in [6.07, 6.45) is -12.7. The van der Waals surface area contributed by atoms with Gasteiger partial charge in [-0.15, -0.1) is 0 Å². The van der Waals surface area contributed by atoms with Crippen LogP contribution in [0.4, 0.5) is 36.8 Å². The fraction of sp³-hybridized carbons (Fsp3) is 0.425. The first-order valence-electron chi connectivity index (χ1n) is 19.2. The minimum atomic E-state index is -5.08. The molecule has 65 heavy (non-hydrogen) atoms. The molecule has 8 N–H and O–H groups in total. The second kappa shape index (κ2) is 24.0. The molecule has 0 saturated heterocycles. The normalized spacial score (nSPS) is 13.6. The van der Waals surface area contributed by atoms with Crippen molar-refractivity contribution in [1.82, 2.24) is 21.3 Å². The fourth-order valence-corrected chi connectivity index (χ4v) is 5.53. The maximum atomic E-state index is 13.7. The number of rotatable bonds is 19. The van der Waals surface area contributed by atoms with Crippen molar-refractivity contribution in [3.63, 3.8) is 0 Å². The lowest BCUT2D eigenvalue weighted by Gasteiger charge is -2.29. The van der Waals surface area contributed by atoms with Gasteiger partial charge in [-0.25, -0.2) is 14.4 Å². The lowest BCUT2D eigenvalue weighted by molar-refractivity contribution is -0.192. The molecule has 25 heteroatoms. The number of benzene rings is 2. The Balaban J connectivity index is 0.00000191. The van der Waals surface area contributed by atoms with Gasteiger partial charge in [-0.3, -0.25) is 28.8 Å². The molecule has 2 aromatic carbocycles. The number of ether oxygens (including phenoxy) is 1. The third-order valence-corrected chi connectivity index (χ3v) is 9.08. The van der Waals surface area contributed by atoms with Crippen molar-refractivity contribution in [2.45, 2.75) is 96.5 Å². The number of anilines is 1. The molecule has 0 aliphatic carbocycles. The topological polar surface area (TPSA) is 297 Å². The van der Waals surface area contributed by atoms with Gasteiger partial charge in [0.25, 0.3) is 0 Å². The molecule has 5 atom stereocenters. The number of fused-ring (bicyclic) bond motifs is 1. The van der Waals surface area contributed by atoms with Crippen LogP contribution in [0.25, 0.3) is 11.0 Å². The quantitative estimate of drug-likeness (QED) is 0.0619. The monoisotopic (exact) mass is 933 g/mol. The third-order valence-electron chi connectivity index (χ3n) is 9.08. The highest BCUT2D eigenvalue weighted by Crippen LogP contribution is 2.34. The number of amides is 5. The van der Waals surface area contributed by atoms with Crippen molar-refractivity contribution < 1.29 is 89.2 Å². The van der Waals surface area contributed by atoms with Crippen LogP contribution < -0.4 is 32.2 Å². The Labute approximate surface area is 364 Å². The number of hydrogen-bond acceptors (Lipinski definition) is 11. The molecule has 0 saturated carbocycles. The van der Waals surface area contributed by atoms with E-state index in [0.29, 0.717) is 5.56 Å². The number of alkyl carbamates (subject to hydrolysis) is 1. The maximum absolute atomic E-state index is 13.7. The number of carbonyl (C=O) groups is 8. The van der Waals surface area contributed by atoms with Crippen molar-refractivity contribution in [1.29, 1.82) is 0 Å². The van der Waals surface area contributed by atoms with Gasteiger partial charge in [-0.1, -0.05) is 64.4 Å².